The Balaban J connectivity index is 2.42. The molecule has 0 saturated carbocycles. The molecule has 136 valence electrons. The van der Waals surface area contributed by atoms with Gasteiger partial charge in [-0.05, 0) is 24.3 Å². The summed E-state index contributed by atoms with van der Waals surface area (Å²) in [6.07, 6.45) is 1.51. The number of hydrogen-bond acceptors (Lipinski definition) is 5. The van der Waals surface area contributed by atoms with Crippen molar-refractivity contribution in [3.63, 3.8) is 0 Å². The van der Waals surface area contributed by atoms with Crippen LogP contribution in [-0.2, 0) is 14.8 Å². The molecule has 2 aromatic carbocycles. The molecule has 0 heterocycles. The second kappa shape index (κ2) is 8.30. The van der Waals surface area contributed by atoms with E-state index in [1.165, 1.54) is 49.6 Å². The Kier molecular flexibility index (Phi) is 6.13. The van der Waals surface area contributed by atoms with Crippen LogP contribution in [0.2, 0.25) is 0 Å². The van der Waals surface area contributed by atoms with Crippen molar-refractivity contribution in [2.24, 2.45) is 0 Å². The third-order valence-electron chi connectivity index (χ3n) is 3.40. The molecule has 0 aromatic heterocycles. The summed E-state index contributed by atoms with van der Waals surface area (Å²) in [7, 11) is -2.96. The highest BCUT2D eigenvalue weighted by molar-refractivity contribution is 7.92. The van der Waals surface area contributed by atoms with Crippen LogP contribution in [0.15, 0.2) is 66.1 Å². The summed E-state index contributed by atoms with van der Waals surface area (Å²) < 4.78 is 32.5. The number of para-hydroxylation sites is 1. The van der Waals surface area contributed by atoms with E-state index in [-0.39, 0.29) is 28.3 Å². The summed E-state index contributed by atoms with van der Waals surface area (Å²) in [5, 5.41) is 2.59. The van der Waals surface area contributed by atoms with Gasteiger partial charge in [0.2, 0.25) is 0 Å². The Morgan fingerprint density at radius 3 is 2.35 bits per heavy atom. The van der Waals surface area contributed by atoms with Crippen molar-refractivity contribution in [1.82, 2.24) is 5.32 Å². The molecule has 0 unspecified atom stereocenters. The van der Waals surface area contributed by atoms with Gasteiger partial charge in [0, 0.05) is 6.54 Å². The standard InChI is InChI=1S/C18H18N2O5S/c1-3-12-19-17(21)13-8-4-6-10-15(13)20-26(23,24)16-11-7-5-9-14(16)18(22)25-2/h3-11,20H,1,12H2,2H3,(H,19,21). The van der Waals surface area contributed by atoms with Crippen LogP contribution < -0.4 is 10.0 Å². The molecule has 8 heteroatoms. The Morgan fingerprint density at radius 2 is 1.69 bits per heavy atom. The summed E-state index contributed by atoms with van der Waals surface area (Å²) in [6, 6.07) is 11.8. The number of ether oxygens (including phenoxy) is 1. The number of hydrogen-bond donors (Lipinski definition) is 2. The lowest BCUT2D eigenvalue weighted by molar-refractivity contribution is 0.0596. The first kappa shape index (κ1) is 19.2. The average molecular weight is 374 g/mol. The molecule has 1 amide bonds. The van der Waals surface area contributed by atoms with Crippen molar-refractivity contribution in [2.45, 2.75) is 4.90 Å². The van der Waals surface area contributed by atoms with Crippen molar-refractivity contribution in [3.05, 3.63) is 72.3 Å². The fourth-order valence-corrected chi connectivity index (χ4v) is 3.49. The Bertz CT molecular complexity index is 938. The van der Waals surface area contributed by atoms with Crippen molar-refractivity contribution in [2.75, 3.05) is 18.4 Å². The van der Waals surface area contributed by atoms with Crippen molar-refractivity contribution < 1.29 is 22.7 Å². The van der Waals surface area contributed by atoms with Gasteiger partial charge in [-0.1, -0.05) is 30.3 Å². The topological polar surface area (TPSA) is 102 Å². The predicted molar refractivity (Wildman–Crippen MR) is 97.6 cm³/mol. The monoisotopic (exact) mass is 374 g/mol. The molecule has 0 radical (unpaired) electrons. The lowest BCUT2D eigenvalue weighted by Crippen LogP contribution is -2.25. The minimum Gasteiger partial charge on any atom is -0.465 e. The van der Waals surface area contributed by atoms with Crippen molar-refractivity contribution in [3.8, 4) is 0 Å². The van der Waals surface area contributed by atoms with Gasteiger partial charge in [-0.15, -0.1) is 6.58 Å². The minimum atomic E-state index is -4.13. The van der Waals surface area contributed by atoms with Gasteiger partial charge >= 0.3 is 5.97 Å². The molecule has 0 spiro atoms. The Labute approximate surface area is 151 Å². The van der Waals surface area contributed by atoms with E-state index < -0.39 is 21.9 Å². The Morgan fingerprint density at radius 1 is 1.08 bits per heavy atom. The van der Waals surface area contributed by atoms with Gasteiger partial charge < -0.3 is 10.1 Å². The first-order valence-electron chi connectivity index (χ1n) is 7.59. The van der Waals surface area contributed by atoms with Crippen LogP contribution in [0, 0.1) is 0 Å². The third kappa shape index (κ3) is 4.28. The van der Waals surface area contributed by atoms with Crippen LogP contribution in [0.3, 0.4) is 0 Å². The van der Waals surface area contributed by atoms with Crippen molar-refractivity contribution >= 4 is 27.6 Å². The third-order valence-corrected chi connectivity index (χ3v) is 4.83. The first-order chi connectivity index (χ1) is 12.4. The number of carbonyl (C=O) groups is 2. The van der Waals surface area contributed by atoms with Gasteiger partial charge in [-0.25, -0.2) is 13.2 Å². The second-order valence-corrected chi connectivity index (χ2v) is 6.79. The maximum atomic E-state index is 12.8. The molecule has 0 saturated heterocycles. The molecule has 2 rings (SSSR count). The maximum Gasteiger partial charge on any atom is 0.339 e. The number of esters is 1. The SMILES string of the molecule is C=CCNC(=O)c1ccccc1NS(=O)(=O)c1ccccc1C(=O)OC. The first-order valence-corrected chi connectivity index (χ1v) is 9.07. The molecule has 0 fully saturated rings. The van der Waals surface area contributed by atoms with Crippen LogP contribution in [-0.4, -0.2) is 33.9 Å². The second-order valence-electron chi connectivity index (χ2n) is 5.14. The molecule has 0 aliphatic carbocycles. The summed E-state index contributed by atoms with van der Waals surface area (Å²) in [5.41, 5.74) is 0.137. The highest BCUT2D eigenvalue weighted by Gasteiger charge is 2.24. The molecular weight excluding hydrogens is 356 g/mol. The molecule has 2 N–H and O–H groups in total. The fourth-order valence-electron chi connectivity index (χ4n) is 2.21. The lowest BCUT2D eigenvalue weighted by Gasteiger charge is -2.14. The summed E-state index contributed by atoms with van der Waals surface area (Å²) in [5.74, 6) is -1.23. The van der Waals surface area contributed by atoms with Crippen LogP contribution in [0.5, 0.6) is 0 Å². The van der Waals surface area contributed by atoms with Gasteiger partial charge in [0.05, 0.1) is 23.9 Å². The van der Waals surface area contributed by atoms with E-state index in [0.717, 1.165) is 0 Å². The molecule has 0 bridgehead atoms. The van der Waals surface area contributed by atoms with E-state index in [1.54, 1.807) is 12.1 Å². The number of methoxy groups -OCH3 is 1. The molecule has 0 atom stereocenters. The van der Waals surface area contributed by atoms with E-state index in [1.807, 2.05) is 0 Å². The van der Waals surface area contributed by atoms with Gasteiger partial charge in [0.1, 0.15) is 4.90 Å². The summed E-state index contributed by atoms with van der Waals surface area (Å²) in [6.45, 7) is 3.75. The maximum absolute atomic E-state index is 12.8. The van der Waals surface area contributed by atoms with Gasteiger partial charge in [0.15, 0.2) is 0 Å². The lowest BCUT2D eigenvalue weighted by atomic mass is 10.1. The Hall–Kier alpha value is -3.13. The van der Waals surface area contributed by atoms with Crippen LogP contribution >= 0.6 is 0 Å². The van der Waals surface area contributed by atoms with E-state index in [4.69, 9.17) is 0 Å². The van der Waals surface area contributed by atoms with E-state index in [9.17, 15) is 18.0 Å². The van der Waals surface area contributed by atoms with Crippen molar-refractivity contribution in [1.29, 1.82) is 0 Å². The predicted octanol–water partition coefficient (Wildman–Crippen LogP) is 2.19. The summed E-state index contributed by atoms with van der Waals surface area (Å²) in [4.78, 5) is 23.8. The number of nitrogens with one attached hydrogen (secondary N) is 2. The minimum absolute atomic E-state index is 0.0914. The molecule has 0 aliphatic heterocycles. The molecule has 26 heavy (non-hydrogen) atoms. The number of benzene rings is 2. The number of anilines is 1. The molecule has 2 aromatic rings. The molecular formula is C18H18N2O5S. The smallest absolute Gasteiger partial charge is 0.339 e. The highest BCUT2D eigenvalue weighted by atomic mass is 32.2. The zero-order chi connectivity index (χ0) is 19.2. The van der Waals surface area contributed by atoms with E-state index in [2.05, 4.69) is 21.4 Å². The number of carbonyl (C=O) groups excluding carboxylic acids is 2. The van der Waals surface area contributed by atoms with Gasteiger partial charge in [0.25, 0.3) is 15.9 Å². The molecule has 7 nitrogen and oxygen atoms in total. The van der Waals surface area contributed by atoms with Gasteiger partial charge in [-0.2, -0.15) is 0 Å². The van der Waals surface area contributed by atoms with Crippen LogP contribution in [0.1, 0.15) is 20.7 Å². The zero-order valence-electron chi connectivity index (χ0n) is 14.1. The fraction of sp³-hybridized carbons (Fsp3) is 0.111. The highest BCUT2D eigenvalue weighted by Crippen LogP contribution is 2.23. The largest absolute Gasteiger partial charge is 0.465 e. The number of sulfonamides is 1. The zero-order valence-corrected chi connectivity index (χ0v) is 14.9. The summed E-state index contributed by atoms with van der Waals surface area (Å²) >= 11 is 0. The average Bonchev–Trinajstić information content (AvgIpc) is 2.65. The van der Waals surface area contributed by atoms with E-state index in [0.29, 0.717) is 0 Å². The number of rotatable bonds is 7. The van der Waals surface area contributed by atoms with Crippen LogP contribution in [0.4, 0.5) is 5.69 Å². The van der Waals surface area contributed by atoms with E-state index >= 15 is 0 Å². The van der Waals surface area contributed by atoms with Crippen LogP contribution in [0.25, 0.3) is 0 Å². The quantitative estimate of drug-likeness (QED) is 0.571. The number of amides is 1. The molecule has 0 aliphatic rings. The normalized spacial score (nSPS) is 10.7. The van der Waals surface area contributed by atoms with Gasteiger partial charge in [-0.3, -0.25) is 9.52 Å².